The minimum Gasteiger partial charge on any atom is -0.462 e. The van der Waals surface area contributed by atoms with Crippen LogP contribution in [0.25, 0.3) is 10.2 Å². The van der Waals surface area contributed by atoms with Crippen molar-refractivity contribution in [2.45, 2.75) is 26.3 Å². The van der Waals surface area contributed by atoms with Crippen molar-refractivity contribution in [3.63, 3.8) is 0 Å². The number of ether oxygens (including phenoxy) is 2. The second-order valence-electron chi connectivity index (χ2n) is 7.52. The lowest BCUT2D eigenvalue weighted by Crippen LogP contribution is -2.28. The zero-order valence-electron chi connectivity index (χ0n) is 18.8. The van der Waals surface area contributed by atoms with E-state index in [1.54, 1.807) is 50.4 Å². The number of amides is 3. The lowest BCUT2D eigenvalue weighted by atomic mass is 10.2. The normalized spacial score (nSPS) is 14.3. The average Bonchev–Trinajstić information content (AvgIpc) is 3.35. The molecule has 0 saturated carbocycles. The number of fused-ring (bicyclic) bond motifs is 1. The van der Waals surface area contributed by atoms with Crippen LogP contribution in [0.4, 0.5) is 5.69 Å². The van der Waals surface area contributed by atoms with Crippen molar-refractivity contribution in [1.82, 2.24) is 4.57 Å². The van der Waals surface area contributed by atoms with Gasteiger partial charge in [-0.3, -0.25) is 19.3 Å². The van der Waals surface area contributed by atoms with Crippen LogP contribution in [0, 0.1) is 0 Å². The number of methoxy groups -OCH3 is 1. The fourth-order valence-corrected chi connectivity index (χ4v) is 4.79. The summed E-state index contributed by atoms with van der Waals surface area (Å²) >= 11 is 1.27. The Morgan fingerprint density at radius 3 is 2.53 bits per heavy atom. The third-order valence-electron chi connectivity index (χ3n) is 5.31. The zero-order chi connectivity index (χ0) is 24.2. The summed E-state index contributed by atoms with van der Waals surface area (Å²) in [5, 5.41) is 0. The highest BCUT2D eigenvalue weighted by molar-refractivity contribution is 7.16. The first-order chi connectivity index (χ1) is 16.4. The first kappa shape index (κ1) is 23.5. The van der Waals surface area contributed by atoms with E-state index in [1.807, 2.05) is 4.57 Å². The largest absolute Gasteiger partial charge is 0.462 e. The van der Waals surface area contributed by atoms with Gasteiger partial charge in [0.25, 0.3) is 5.91 Å². The number of esters is 1. The van der Waals surface area contributed by atoms with Crippen molar-refractivity contribution in [1.29, 1.82) is 0 Å². The molecule has 0 N–H and O–H groups in total. The fourth-order valence-electron chi connectivity index (χ4n) is 3.69. The van der Waals surface area contributed by atoms with Crippen molar-refractivity contribution < 1.29 is 28.7 Å². The summed E-state index contributed by atoms with van der Waals surface area (Å²) in [6, 6.07) is 11.5. The van der Waals surface area contributed by atoms with E-state index in [4.69, 9.17) is 9.47 Å². The van der Waals surface area contributed by atoms with Gasteiger partial charge in [0.15, 0.2) is 4.80 Å². The molecule has 1 fully saturated rings. The van der Waals surface area contributed by atoms with Crippen molar-refractivity contribution in [3.8, 4) is 0 Å². The highest BCUT2D eigenvalue weighted by atomic mass is 32.1. The Kier molecular flexibility index (Phi) is 6.99. The van der Waals surface area contributed by atoms with Gasteiger partial charge in [0.2, 0.25) is 11.8 Å². The first-order valence-electron chi connectivity index (χ1n) is 10.8. The summed E-state index contributed by atoms with van der Waals surface area (Å²) in [5.74, 6) is -1.50. The highest BCUT2D eigenvalue weighted by Crippen LogP contribution is 2.24. The molecule has 0 aliphatic carbocycles. The van der Waals surface area contributed by atoms with Gasteiger partial charge >= 0.3 is 5.97 Å². The number of hydrogen-bond donors (Lipinski definition) is 0. The highest BCUT2D eigenvalue weighted by Gasteiger charge is 2.30. The lowest BCUT2D eigenvalue weighted by molar-refractivity contribution is -0.121. The van der Waals surface area contributed by atoms with Gasteiger partial charge in [-0.15, -0.1) is 0 Å². The van der Waals surface area contributed by atoms with E-state index >= 15 is 0 Å². The zero-order valence-corrected chi connectivity index (χ0v) is 19.6. The van der Waals surface area contributed by atoms with Crippen LogP contribution in [0.3, 0.4) is 0 Å². The molecule has 4 rings (SSSR count). The number of carbonyl (C=O) groups excluding carboxylic acids is 4. The number of hydrogen-bond acceptors (Lipinski definition) is 7. The van der Waals surface area contributed by atoms with Gasteiger partial charge in [-0.2, -0.15) is 4.99 Å². The van der Waals surface area contributed by atoms with Gasteiger partial charge in [0.05, 0.1) is 34.7 Å². The number of imide groups is 1. The Balaban J connectivity index is 1.73. The van der Waals surface area contributed by atoms with Crippen LogP contribution in [0.15, 0.2) is 47.5 Å². The van der Waals surface area contributed by atoms with Crippen molar-refractivity contribution >= 4 is 50.9 Å². The molecule has 2 heterocycles. The van der Waals surface area contributed by atoms with Gasteiger partial charge in [-0.1, -0.05) is 17.4 Å². The second kappa shape index (κ2) is 10.1. The molecule has 1 aliphatic heterocycles. The number of aromatic nitrogens is 1. The average molecular weight is 482 g/mol. The van der Waals surface area contributed by atoms with Crippen LogP contribution < -0.4 is 9.70 Å². The Bertz CT molecular complexity index is 1340. The van der Waals surface area contributed by atoms with Crippen LogP contribution in [-0.2, 0) is 25.6 Å². The Labute approximate surface area is 199 Å². The molecule has 0 radical (unpaired) electrons. The van der Waals surface area contributed by atoms with E-state index in [-0.39, 0.29) is 36.8 Å². The molecular weight excluding hydrogens is 458 g/mol. The summed E-state index contributed by atoms with van der Waals surface area (Å²) in [5.41, 5.74) is 1.84. The molecule has 9 nitrogen and oxygen atoms in total. The summed E-state index contributed by atoms with van der Waals surface area (Å²) in [7, 11) is 1.59. The van der Waals surface area contributed by atoms with Crippen molar-refractivity contribution in [2.24, 2.45) is 4.99 Å². The third-order valence-corrected chi connectivity index (χ3v) is 6.35. The maximum atomic E-state index is 13.0. The number of rotatable bonds is 7. The molecule has 10 heteroatoms. The van der Waals surface area contributed by atoms with Crippen molar-refractivity contribution in [2.75, 3.05) is 25.2 Å². The summed E-state index contributed by atoms with van der Waals surface area (Å²) in [6.45, 7) is 2.88. The number of thiazole rings is 1. The lowest BCUT2D eigenvalue weighted by Gasteiger charge is -2.14. The number of benzene rings is 2. The predicted octanol–water partition coefficient (Wildman–Crippen LogP) is 2.92. The molecule has 176 valence electrons. The molecular formula is C24H23N3O6S. The standard InChI is InChI=1S/C24H23N3O6S/c1-3-33-23(31)16-7-8-18-19(14-16)34-24(26(18)11-12-32-2)25-22(30)15-5-4-6-17(13-15)27-20(28)9-10-21(27)29/h4-8,13-14H,3,9-12H2,1-2H3. The summed E-state index contributed by atoms with van der Waals surface area (Å²) in [4.78, 5) is 55.2. The Morgan fingerprint density at radius 2 is 1.82 bits per heavy atom. The summed E-state index contributed by atoms with van der Waals surface area (Å²) < 4.78 is 12.9. The minimum atomic E-state index is -0.510. The van der Waals surface area contributed by atoms with E-state index in [0.29, 0.717) is 29.2 Å². The fraction of sp³-hybridized carbons (Fsp3) is 0.292. The van der Waals surface area contributed by atoms with E-state index < -0.39 is 11.9 Å². The quantitative estimate of drug-likeness (QED) is 0.379. The smallest absolute Gasteiger partial charge is 0.338 e. The van der Waals surface area contributed by atoms with E-state index in [0.717, 1.165) is 15.1 Å². The van der Waals surface area contributed by atoms with Crippen LogP contribution in [0.2, 0.25) is 0 Å². The molecule has 34 heavy (non-hydrogen) atoms. The number of carbonyl (C=O) groups is 4. The van der Waals surface area contributed by atoms with Gasteiger partial charge in [-0.25, -0.2) is 4.79 Å². The van der Waals surface area contributed by atoms with Gasteiger partial charge in [0, 0.05) is 32.1 Å². The van der Waals surface area contributed by atoms with Crippen molar-refractivity contribution in [3.05, 3.63) is 58.4 Å². The second-order valence-corrected chi connectivity index (χ2v) is 8.53. The van der Waals surface area contributed by atoms with Gasteiger partial charge in [0.1, 0.15) is 0 Å². The molecule has 2 aromatic carbocycles. The maximum absolute atomic E-state index is 13.0. The molecule has 0 spiro atoms. The van der Waals surface area contributed by atoms with E-state index in [2.05, 4.69) is 4.99 Å². The molecule has 0 bridgehead atoms. The minimum absolute atomic E-state index is 0.163. The monoisotopic (exact) mass is 481 g/mol. The Hall–Kier alpha value is -3.63. The van der Waals surface area contributed by atoms with Gasteiger partial charge < -0.3 is 14.0 Å². The third kappa shape index (κ3) is 4.68. The van der Waals surface area contributed by atoms with Crippen LogP contribution >= 0.6 is 11.3 Å². The van der Waals surface area contributed by atoms with E-state index in [9.17, 15) is 19.2 Å². The molecule has 3 aromatic rings. The van der Waals surface area contributed by atoms with Gasteiger partial charge in [-0.05, 0) is 43.3 Å². The topological polar surface area (TPSA) is 107 Å². The van der Waals surface area contributed by atoms with Crippen LogP contribution in [0.5, 0.6) is 0 Å². The predicted molar refractivity (Wildman–Crippen MR) is 126 cm³/mol. The molecule has 3 amide bonds. The number of anilines is 1. The van der Waals surface area contributed by atoms with Crippen LogP contribution in [0.1, 0.15) is 40.5 Å². The Morgan fingerprint density at radius 1 is 1.06 bits per heavy atom. The molecule has 0 atom stereocenters. The number of nitrogens with zero attached hydrogens (tertiary/aromatic N) is 3. The van der Waals surface area contributed by atoms with E-state index in [1.165, 1.54) is 17.4 Å². The molecule has 1 saturated heterocycles. The summed E-state index contributed by atoms with van der Waals surface area (Å²) in [6.07, 6.45) is 0.326. The first-order valence-corrected chi connectivity index (χ1v) is 11.6. The molecule has 0 unspecified atom stereocenters. The SMILES string of the molecule is CCOC(=O)c1ccc2c(c1)sc(=NC(=O)c1cccc(N3C(=O)CCC3=O)c1)n2CCOC. The molecule has 1 aromatic heterocycles. The van der Waals surface area contributed by atoms with Crippen LogP contribution in [-0.4, -0.2) is 48.6 Å². The maximum Gasteiger partial charge on any atom is 0.338 e. The molecule has 1 aliphatic rings.